The van der Waals surface area contributed by atoms with Crippen molar-refractivity contribution < 1.29 is 9.90 Å². The van der Waals surface area contributed by atoms with Crippen LogP contribution in [-0.4, -0.2) is 41.7 Å². The molecule has 0 atom stereocenters. The summed E-state index contributed by atoms with van der Waals surface area (Å²) in [5.74, 6) is -0.0631. The summed E-state index contributed by atoms with van der Waals surface area (Å²) in [5.41, 5.74) is 3.42. The van der Waals surface area contributed by atoms with Crippen LogP contribution in [0.5, 0.6) is 0 Å². The Hall–Kier alpha value is -1.39. The maximum atomic E-state index is 12.1. The van der Waals surface area contributed by atoms with Gasteiger partial charge in [0.1, 0.15) is 0 Å². The number of benzene rings is 1. The van der Waals surface area contributed by atoms with Crippen molar-refractivity contribution in [2.24, 2.45) is 0 Å². The molecule has 4 heteroatoms. The van der Waals surface area contributed by atoms with Crippen molar-refractivity contribution in [1.29, 1.82) is 0 Å². The molecule has 4 nitrogen and oxygen atoms in total. The molecular weight excluding hydrogens is 252 g/mol. The lowest BCUT2D eigenvalue weighted by molar-refractivity contribution is -0.117. The van der Waals surface area contributed by atoms with Crippen molar-refractivity contribution in [3.05, 3.63) is 28.8 Å². The highest BCUT2D eigenvalue weighted by molar-refractivity contribution is 5.93. The third kappa shape index (κ3) is 5.31. The van der Waals surface area contributed by atoms with Crippen molar-refractivity contribution in [3.63, 3.8) is 0 Å². The predicted molar refractivity (Wildman–Crippen MR) is 83.1 cm³/mol. The highest BCUT2D eigenvalue weighted by atomic mass is 16.3. The summed E-state index contributed by atoms with van der Waals surface area (Å²) < 4.78 is 0. The molecule has 2 N–H and O–H groups in total. The molecule has 0 aliphatic rings. The Morgan fingerprint density at radius 2 is 1.75 bits per heavy atom. The Bertz CT molecular complexity index is 467. The summed E-state index contributed by atoms with van der Waals surface area (Å²) in [4.78, 5) is 13.9. The third-order valence-electron chi connectivity index (χ3n) is 3.01. The van der Waals surface area contributed by atoms with Crippen molar-refractivity contribution in [2.75, 3.05) is 25.5 Å². The van der Waals surface area contributed by atoms with E-state index in [2.05, 4.69) is 17.4 Å². The fraction of sp³-hybridized carbons (Fsp3) is 0.562. The molecule has 112 valence electrons. The number of aliphatic hydroxyl groups is 1. The van der Waals surface area contributed by atoms with E-state index in [1.807, 2.05) is 32.7 Å². The zero-order valence-corrected chi connectivity index (χ0v) is 13.4. The Morgan fingerprint density at radius 3 is 2.20 bits per heavy atom. The first kappa shape index (κ1) is 16.7. The van der Waals surface area contributed by atoms with Crippen LogP contribution in [0, 0.1) is 20.8 Å². The number of anilines is 1. The van der Waals surface area contributed by atoms with Crippen LogP contribution < -0.4 is 5.32 Å². The first-order valence-electron chi connectivity index (χ1n) is 6.87. The number of rotatable bonds is 5. The smallest absolute Gasteiger partial charge is 0.238 e. The maximum absolute atomic E-state index is 12.1. The van der Waals surface area contributed by atoms with E-state index in [1.54, 1.807) is 13.8 Å². The average Bonchev–Trinajstić information content (AvgIpc) is 2.20. The second-order valence-electron chi connectivity index (χ2n) is 6.31. The highest BCUT2D eigenvalue weighted by Crippen LogP contribution is 2.21. The standard InChI is InChI=1S/C16H26N2O2/c1-11-7-12(2)15(13(3)8-11)17-14(19)9-18(6)10-16(4,5)20/h7-8,20H,9-10H2,1-6H3,(H,17,19). The van der Waals surface area contributed by atoms with Crippen LogP contribution in [0.3, 0.4) is 0 Å². The SMILES string of the molecule is Cc1cc(C)c(NC(=O)CN(C)CC(C)(C)O)c(C)c1. The van der Waals surface area contributed by atoms with Crippen molar-refractivity contribution in [2.45, 2.75) is 40.2 Å². The van der Waals surface area contributed by atoms with E-state index in [9.17, 15) is 9.90 Å². The van der Waals surface area contributed by atoms with Gasteiger partial charge in [0.25, 0.3) is 0 Å². The Morgan fingerprint density at radius 1 is 1.25 bits per heavy atom. The van der Waals surface area contributed by atoms with Crippen LogP contribution in [0.4, 0.5) is 5.69 Å². The lowest BCUT2D eigenvalue weighted by Gasteiger charge is -2.25. The number of carbonyl (C=O) groups is 1. The van der Waals surface area contributed by atoms with Gasteiger partial charge in [0.2, 0.25) is 5.91 Å². The first-order valence-corrected chi connectivity index (χ1v) is 6.87. The van der Waals surface area contributed by atoms with Gasteiger partial charge in [-0.05, 0) is 52.8 Å². The molecule has 0 spiro atoms. The van der Waals surface area contributed by atoms with E-state index in [1.165, 1.54) is 5.56 Å². The highest BCUT2D eigenvalue weighted by Gasteiger charge is 2.18. The van der Waals surface area contributed by atoms with Gasteiger partial charge in [0.15, 0.2) is 0 Å². The fourth-order valence-corrected chi connectivity index (χ4v) is 2.52. The lowest BCUT2D eigenvalue weighted by Crippen LogP contribution is -2.40. The number of nitrogens with zero attached hydrogens (tertiary/aromatic N) is 1. The molecule has 0 aromatic heterocycles. The van der Waals surface area contributed by atoms with Crippen LogP contribution in [0.15, 0.2) is 12.1 Å². The van der Waals surface area contributed by atoms with E-state index in [-0.39, 0.29) is 12.5 Å². The van der Waals surface area contributed by atoms with Gasteiger partial charge in [-0.1, -0.05) is 17.7 Å². The Labute approximate surface area is 121 Å². The molecule has 1 rings (SSSR count). The molecule has 0 saturated carbocycles. The summed E-state index contributed by atoms with van der Waals surface area (Å²) in [7, 11) is 1.83. The van der Waals surface area contributed by atoms with Gasteiger partial charge in [-0.15, -0.1) is 0 Å². The first-order chi connectivity index (χ1) is 9.08. The quantitative estimate of drug-likeness (QED) is 0.868. The molecule has 0 bridgehead atoms. The number of likely N-dealkylation sites (N-methyl/N-ethyl adjacent to an activating group) is 1. The van der Waals surface area contributed by atoms with E-state index in [0.717, 1.165) is 16.8 Å². The molecule has 20 heavy (non-hydrogen) atoms. The molecule has 0 radical (unpaired) electrons. The van der Waals surface area contributed by atoms with Crippen LogP contribution in [0.25, 0.3) is 0 Å². The molecule has 1 amide bonds. The minimum absolute atomic E-state index is 0.0631. The summed E-state index contributed by atoms with van der Waals surface area (Å²) >= 11 is 0. The molecule has 0 aliphatic carbocycles. The van der Waals surface area contributed by atoms with Crippen molar-refractivity contribution >= 4 is 11.6 Å². The zero-order valence-electron chi connectivity index (χ0n) is 13.4. The van der Waals surface area contributed by atoms with Gasteiger partial charge >= 0.3 is 0 Å². The minimum atomic E-state index is -0.801. The Kier molecular flexibility index (Phi) is 5.31. The topological polar surface area (TPSA) is 52.6 Å². The molecule has 0 aliphatic heterocycles. The molecule has 0 heterocycles. The van der Waals surface area contributed by atoms with Gasteiger partial charge in [-0.2, -0.15) is 0 Å². The summed E-state index contributed by atoms with van der Waals surface area (Å²) in [5, 5.41) is 12.7. The number of aryl methyl sites for hydroxylation is 3. The molecule has 1 aromatic carbocycles. The molecule has 0 fully saturated rings. The fourth-order valence-electron chi connectivity index (χ4n) is 2.52. The van der Waals surface area contributed by atoms with Gasteiger partial charge in [-0.25, -0.2) is 0 Å². The summed E-state index contributed by atoms with van der Waals surface area (Å²) in [6.45, 7) is 10.2. The monoisotopic (exact) mass is 278 g/mol. The third-order valence-corrected chi connectivity index (χ3v) is 3.01. The van der Waals surface area contributed by atoms with E-state index in [4.69, 9.17) is 0 Å². The molecular formula is C16H26N2O2. The predicted octanol–water partition coefficient (Wildman–Crippen LogP) is 2.25. The van der Waals surface area contributed by atoms with Gasteiger partial charge in [-0.3, -0.25) is 9.69 Å². The van der Waals surface area contributed by atoms with Gasteiger partial charge in [0.05, 0.1) is 12.1 Å². The van der Waals surface area contributed by atoms with Crippen LogP contribution in [0.2, 0.25) is 0 Å². The number of carbonyl (C=O) groups excluding carboxylic acids is 1. The minimum Gasteiger partial charge on any atom is -0.389 e. The maximum Gasteiger partial charge on any atom is 0.238 e. The van der Waals surface area contributed by atoms with Gasteiger partial charge in [0, 0.05) is 12.2 Å². The van der Waals surface area contributed by atoms with Crippen molar-refractivity contribution in [3.8, 4) is 0 Å². The number of hydrogen-bond acceptors (Lipinski definition) is 3. The van der Waals surface area contributed by atoms with Crippen molar-refractivity contribution in [1.82, 2.24) is 4.90 Å². The zero-order chi connectivity index (χ0) is 15.5. The van der Waals surface area contributed by atoms with Crippen LogP contribution >= 0.6 is 0 Å². The summed E-state index contributed by atoms with van der Waals surface area (Å²) in [6, 6.07) is 4.12. The van der Waals surface area contributed by atoms with Crippen LogP contribution in [0.1, 0.15) is 30.5 Å². The molecule has 0 saturated heterocycles. The van der Waals surface area contributed by atoms with Gasteiger partial charge < -0.3 is 10.4 Å². The number of hydrogen-bond donors (Lipinski definition) is 2. The average molecular weight is 278 g/mol. The van der Waals surface area contributed by atoms with E-state index >= 15 is 0 Å². The number of amides is 1. The number of nitrogens with one attached hydrogen (secondary N) is 1. The summed E-state index contributed by atoms with van der Waals surface area (Å²) in [6.07, 6.45) is 0. The lowest BCUT2D eigenvalue weighted by atomic mass is 10.1. The molecule has 1 aromatic rings. The Balaban J connectivity index is 2.68. The second-order valence-corrected chi connectivity index (χ2v) is 6.31. The molecule has 0 unspecified atom stereocenters. The normalized spacial score (nSPS) is 11.8. The second kappa shape index (κ2) is 6.37. The van der Waals surface area contributed by atoms with Crippen LogP contribution in [-0.2, 0) is 4.79 Å². The van der Waals surface area contributed by atoms with E-state index in [0.29, 0.717) is 6.54 Å². The van der Waals surface area contributed by atoms with E-state index < -0.39 is 5.60 Å². The largest absolute Gasteiger partial charge is 0.389 e.